The summed E-state index contributed by atoms with van der Waals surface area (Å²) in [5, 5.41) is 11.8. The zero-order valence-electron chi connectivity index (χ0n) is 40.7. The van der Waals surface area contributed by atoms with Gasteiger partial charge in [0.05, 0.1) is 39.1 Å². The highest BCUT2D eigenvalue weighted by Gasteiger charge is 2.22. The number of benzene rings is 12. The lowest BCUT2D eigenvalue weighted by Crippen LogP contribution is -2.00. The van der Waals surface area contributed by atoms with Crippen LogP contribution in [0.2, 0.25) is 0 Å². The van der Waals surface area contributed by atoms with Crippen molar-refractivity contribution in [2.24, 2.45) is 0 Å². The zero-order chi connectivity index (χ0) is 49.4. The van der Waals surface area contributed by atoms with Crippen LogP contribution in [0.15, 0.2) is 267 Å². The molecule has 0 saturated carbocycles. The molecule has 0 N–H and O–H groups in total. The number of hydrogen-bond acceptors (Lipinski definition) is 3. The van der Waals surface area contributed by atoms with E-state index in [4.69, 9.17) is 15.0 Å². The number of para-hydroxylation sites is 2. The van der Waals surface area contributed by atoms with Crippen molar-refractivity contribution < 1.29 is 0 Å². The molecule has 0 aliphatic heterocycles. The molecule has 15 rings (SSSR count). The van der Waals surface area contributed by atoms with Gasteiger partial charge in [-0.2, -0.15) is 0 Å². The fourth-order valence-electron chi connectivity index (χ4n) is 11.6. The molecular formula is C71H44N4. The van der Waals surface area contributed by atoms with Crippen LogP contribution < -0.4 is 0 Å². The van der Waals surface area contributed by atoms with Gasteiger partial charge in [0, 0.05) is 32.8 Å². The summed E-state index contributed by atoms with van der Waals surface area (Å²) < 4.78 is 2.34. The molecule has 4 heteroatoms. The van der Waals surface area contributed by atoms with Crippen LogP contribution in [0, 0.1) is 0 Å². The molecule has 0 aliphatic carbocycles. The predicted octanol–water partition coefficient (Wildman–Crippen LogP) is 18.7. The van der Waals surface area contributed by atoms with Gasteiger partial charge in [0.1, 0.15) is 5.82 Å². The lowest BCUT2D eigenvalue weighted by molar-refractivity contribution is 1.11. The summed E-state index contributed by atoms with van der Waals surface area (Å²) in [6, 6.07) is 96.0. The van der Waals surface area contributed by atoms with E-state index in [-0.39, 0.29) is 0 Å². The van der Waals surface area contributed by atoms with Crippen LogP contribution in [0.5, 0.6) is 0 Å². The van der Waals surface area contributed by atoms with Gasteiger partial charge in [0.15, 0.2) is 0 Å². The molecule has 0 amide bonds. The smallest absolute Gasteiger partial charge is 0.145 e. The summed E-state index contributed by atoms with van der Waals surface area (Å²) in [6.07, 6.45) is 0. The SMILES string of the molecule is c1ccc(-c2cccc(-c3c4ccccc4c(-c4ccc(-n5c(-c6ccc(-c7ccc8ccc9ccc(-c%10ccc%11ccccc%11c%10)nc9c8n7)cc6)nc6ccccc65)c5ccccc45)c4ccccc34)c2)cc1. The van der Waals surface area contributed by atoms with Gasteiger partial charge in [-0.05, 0) is 114 Å². The Morgan fingerprint density at radius 2 is 0.787 bits per heavy atom. The standard InChI is InChI=1S/C71H44N4/c1-2-15-45(16-3-1)52-19-14-20-54(44-52)67-57-23-8-10-25-59(57)68(60-26-11-9-24-58(60)67)61-39-42-65(56-22-7-6-21-55(56)61)75-66-28-13-12-27-64(66)74-71(75)50-34-30-47(31-35-50)62-40-37-48-32-33-49-38-41-63(73-70(49)69(48)72-62)53-36-29-46-17-4-5-18-51(46)43-53/h1-44H. The van der Waals surface area contributed by atoms with Crippen molar-refractivity contribution >= 4 is 75.9 Å². The molecule has 75 heavy (non-hydrogen) atoms. The number of nitrogens with zero attached hydrogens (tertiary/aromatic N) is 4. The Hall–Kier alpha value is -10.0. The maximum absolute atomic E-state index is 5.36. The van der Waals surface area contributed by atoms with Crippen molar-refractivity contribution in [2.45, 2.75) is 0 Å². The molecule has 0 radical (unpaired) electrons. The van der Waals surface area contributed by atoms with E-state index in [2.05, 4.69) is 271 Å². The van der Waals surface area contributed by atoms with Crippen LogP contribution in [0.3, 0.4) is 0 Å². The zero-order valence-corrected chi connectivity index (χ0v) is 40.7. The molecule has 0 fully saturated rings. The average Bonchev–Trinajstić information content (AvgIpc) is 3.91. The van der Waals surface area contributed by atoms with Crippen LogP contribution in [-0.4, -0.2) is 19.5 Å². The van der Waals surface area contributed by atoms with Crippen molar-refractivity contribution in [1.82, 2.24) is 19.5 Å². The second kappa shape index (κ2) is 17.3. The van der Waals surface area contributed by atoms with Gasteiger partial charge in [0.25, 0.3) is 0 Å². The highest BCUT2D eigenvalue weighted by Crippen LogP contribution is 2.47. The van der Waals surface area contributed by atoms with E-state index in [1.165, 1.54) is 71.1 Å². The summed E-state index contributed by atoms with van der Waals surface area (Å²) in [4.78, 5) is 15.9. The molecule has 0 unspecified atom stereocenters. The minimum Gasteiger partial charge on any atom is -0.292 e. The summed E-state index contributed by atoms with van der Waals surface area (Å²) in [5.41, 5.74) is 17.1. The van der Waals surface area contributed by atoms with E-state index in [1.54, 1.807) is 0 Å². The molecule has 0 saturated heterocycles. The molecule has 3 heterocycles. The first-order valence-corrected chi connectivity index (χ1v) is 25.6. The van der Waals surface area contributed by atoms with Crippen molar-refractivity contribution in [3.8, 4) is 73.0 Å². The van der Waals surface area contributed by atoms with E-state index in [0.29, 0.717) is 0 Å². The third kappa shape index (κ3) is 7.10. The van der Waals surface area contributed by atoms with E-state index in [0.717, 1.165) is 77.8 Å². The van der Waals surface area contributed by atoms with E-state index in [1.807, 2.05) is 0 Å². The van der Waals surface area contributed by atoms with Crippen LogP contribution in [0.1, 0.15) is 0 Å². The second-order valence-electron chi connectivity index (χ2n) is 19.5. The lowest BCUT2D eigenvalue weighted by Gasteiger charge is -2.20. The summed E-state index contributed by atoms with van der Waals surface area (Å²) >= 11 is 0. The highest BCUT2D eigenvalue weighted by molar-refractivity contribution is 6.24. The molecule has 15 aromatic rings. The Balaban J connectivity index is 0.844. The molecule has 348 valence electrons. The highest BCUT2D eigenvalue weighted by atomic mass is 15.1. The number of hydrogen-bond donors (Lipinski definition) is 0. The molecule has 12 aromatic carbocycles. The van der Waals surface area contributed by atoms with Crippen molar-refractivity contribution in [3.05, 3.63) is 267 Å². The Kier molecular flexibility index (Phi) is 9.85. The quantitative estimate of drug-likeness (QED) is 0.118. The normalized spacial score (nSPS) is 11.7. The molecule has 0 atom stereocenters. The minimum atomic E-state index is 0.876. The second-order valence-corrected chi connectivity index (χ2v) is 19.5. The number of pyridine rings is 2. The van der Waals surface area contributed by atoms with Crippen LogP contribution in [-0.2, 0) is 0 Å². The van der Waals surface area contributed by atoms with Gasteiger partial charge in [-0.3, -0.25) is 4.57 Å². The van der Waals surface area contributed by atoms with Crippen molar-refractivity contribution in [2.75, 3.05) is 0 Å². The van der Waals surface area contributed by atoms with Gasteiger partial charge in [-0.1, -0.05) is 224 Å². The Labute approximate surface area is 433 Å². The Morgan fingerprint density at radius 1 is 0.267 bits per heavy atom. The molecule has 0 bridgehead atoms. The fraction of sp³-hybridized carbons (Fsp3) is 0. The predicted molar refractivity (Wildman–Crippen MR) is 314 cm³/mol. The summed E-state index contributed by atoms with van der Waals surface area (Å²) in [5.74, 6) is 0.876. The third-order valence-corrected chi connectivity index (χ3v) is 15.2. The molecule has 4 nitrogen and oxygen atoms in total. The number of fused-ring (bicyclic) bond motifs is 8. The van der Waals surface area contributed by atoms with Crippen LogP contribution in [0.25, 0.3) is 149 Å². The largest absolute Gasteiger partial charge is 0.292 e. The van der Waals surface area contributed by atoms with Crippen molar-refractivity contribution in [1.29, 1.82) is 0 Å². The van der Waals surface area contributed by atoms with Crippen LogP contribution in [0.4, 0.5) is 0 Å². The molecule has 0 aliphatic rings. The minimum absolute atomic E-state index is 0.876. The van der Waals surface area contributed by atoms with Crippen molar-refractivity contribution in [3.63, 3.8) is 0 Å². The fourth-order valence-corrected chi connectivity index (χ4v) is 11.6. The molecule has 0 spiro atoms. The average molecular weight is 953 g/mol. The topological polar surface area (TPSA) is 43.6 Å². The molecular weight excluding hydrogens is 909 g/mol. The van der Waals surface area contributed by atoms with Gasteiger partial charge in [0.2, 0.25) is 0 Å². The monoisotopic (exact) mass is 952 g/mol. The number of imidazole rings is 1. The molecule has 3 aromatic heterocycles. The lowest BCUT2D eigenvalue weighted by atomic mass is 9.84. The Morgan fingerprint density at radius 3 is 1.51 bits per heavy atom. The van der Waals surface area contributed by atoms with Gasteiger partial charge < -0.3 is 0 Å². The van der Waals surface area contributed by atoms with Gasteiger partial charge in [-0.25, -0.2) is 15.0 Å². The maximum Gasteiger partial charge on any atom is 0.145 e. The van der Waals surface area contributed by atoms with Crippen LogP contribution >= 0.6 is 0 Å². The third-order valence-electron chi connectivity index (χ3n) is 15.2. The summed E-state index contributed by atoms with van der Waals surface area (Å²) in [6.45, 7) is 0. The first-order chi connectivity index (χ1) is 37.2. The van der Waals surface area contributed by atoms with Gasteiger partial charge >= 0.3 is 0 Å². The van der Waals surface area contributed by atoms with E-state index >= 15 is 0 Å². The maximum atomic E-state index is 5.36. The number of aromatic nitrogens is 4. The van der Waals surface area contributed by atoms with Gasteiger partial charge in [-0.15, -0.1) is 0 Å². The first kappa shape index (κ1) is 42.6. The van der Waals surface area contributed by atoms with E-state index in [9.17, 15) is 0 Å². The Bertz CT molecular complexity index is 4710. The number of rotatable bonds is 7. The summed E-state index contributed by atoms with van der Waals surface area (Å²) in [7, 11) is 0. The first-order valence-electron chi connectivity index (χ1n) is 25.6. The van der Waals surface area contributed by atoms with E-state index < -0.39 is 0 Å².